The summed E-state index contributed by atoms with van der Waals surface area (Å²) in [5, 5.41) is 3.30. The Kier molecular flexibility index (Phi) is 8.82. The van der Waals surface area contributed by atoms with E-state index >= 15 is 0 Å². The van der Waals surface area contributed by atoms with Gasteiger partial charge in [0.25, 0.3) is 0 Å². The van der Waals surface area contributed by atoms with E-state index in [1.54, 1.807) is 0 Å². The van der Waals surface area contributed by atoms with Gasteiger partial charge in [0, 0.05) is 6.42 Å². The molecule has 0 spiro atoms. The lowest BCUT2D eigenvalue weighted by Crippen LogP contribution is -2.13. The van der Waals surface area contributed by atoms with E-state index in [4.69, 9.17) is 0 Å². The molecule has 74 valence electrons. The highest BCUT2D eigenvalue weighted by Gasteiger charge is 1.87. The molecule has 0 saturated carbocycles. The molecule has 0 bridgehead atoms. The fourth-order valence-corrected chi connectivity index (χ4v) is 1.08. The van der Waals surface area contributed by atoms with Crippen LogP contribution < -0.4 is 5.32 Å². The van der Waals surface area contributed by atoms with Crippen LogP contribution in [0.3, 0.4) is 0 Å². The van der Waals surface area contributed by atoms with Gasteiger partial charge in [0.1, 0.15) is 0 Å². The lowest BCUT2D eigenvalue weighted by atomic mass is 10.1. The third-order valence-corrected chi connectivity index (χ3v) is 1.89. The van der Waals surface area contributed by atoms with Crippen molar-refractivity contribution in [2.24, 2.45) is 0 Å². The van der Waals surface area contributed by atoms with Crippen LogP contribution >= 0.6 is 0 Å². The summed E-state index contributed by atoms with van der Waals surface area (Å²) in [5.41, 5.74) is 1.46. The van der Waals surface area contributed by atoms with Crippen LogP contribution in [-0.4, -0.2) is 13.1 Å². The Morgan fingerprint density at radius 2 is 2.23 bits per heavy atom. The van der Waals surface area contributed by atoms with Gasteiger partial charge in [0.15, 0.2) is 0 Å². The average Bonchev–Trinajstić information content (AvgIpc) is 2.13. The number of nitrogens with one attached hydrogen (secondary N) is 1. The molecule has 1 nitrogen and oxygen atoms in total. The molecule has 0 rings (SSSR count). The summed E-state index contributed by atoms with van der Waals surface area (Å²) in [6, 6.07) is 0. The molecule has 0 fully saturated rings. The minimum Gasteiger partial charge on any atom is -0.317 e. The lowest BCUT2D eigenvalue weighted by molar-refractivity contribution is 0.723. The predicted octanol–water partition coefficient (Wildman–Crippen LogP) is 2.74. The molecule has 1 heteroatoms. The summed E-state index contributed by atoms with van der Waals surface area (Å²) in [7, 11) is 0. The molecule has 0 aliphatic rings. The highest BCUT2D eigenvalue weighted by atomic mass is 14.8. The summed E-state index contributed by atoms with van der Waals surface area (Å²) < 4.78 is 0. The topological polar surface area (TPSA) is 12.0 Å². The maximum Gasteiger partial charge on any atom is 0.0126 e. The fraction of sp³-hybridized carbons (Fsp3) is 0.667. The van der Waals surface area contributed by atoms with Crippen molar-refractivity contribution in [3.63, 3.8) is 0 Å². The first-order valence-electron chi connectivity index (χ1n) is 5.07. The Morgan fingerprint density at radius 3 is 2.85 bits per heavy atom. The number of allylic oxidation sites excluding steroid dienone is 1. The van der Waals surface area contributed by atoms with Crippen LogP contribution in [-0.2, 0) is 0 Å². The van der Waals surface area contributed by atoms with Crippen molar-refractivity contribution in [2.75, 3.05) is 13.1 Å². The van der Waals surface area contributed by atoms with Gasteiger partial charge < -0.3 is 5.32 Å². The number of rotatable bonds is 6. The van der Waals surface area contributed by atoms with Crippen LogP contribution in [0.15, 0.2) is 11.6 Å². The van der Waals surface area contributed by atoms with Crippen LogP contribution in [0, 0.1) is 11.8 Å². The van der Waals surface area contributed by atoms with Crippen LogP contribution in [0.2, 0.25) is 0 Å². The molecule has 0 aromatic rings. The van der Waals surface area contributed by atoms with Crippen LogP contribution in [0.25, 0.3) is 0 Å². The first-order valence-corrected chi connectivity index (χ1v) is 5.07. The second-order valence-corrected chi connectivity index (χ2v) is 3.12. The SMILES string of the molecule is CC#CCC/C(C)=C\CCNCC. The highest BCUT2D eigenvalue weighted by molar-refractivity contribution is 5.03. The standard InChI is InChI=1S/C12H21N/c1-4-6-7-9-12(3)10-8-11-13-5-2/h10,13H,5,7-9,11H2,1-3H3/b12-10-. The minimum absolute atomic E-state index is 1.00. The van der Waals surface area contributed by atoms with Crippen molar-refractivity contribution in [1.82, 2.24) is 5.32 Å². The van der Waals surface area contributed by atoms with Gasteiger partial charge in [-0.25, -0.2) is 0 Å². The van der Waals surface area contributed by atoms with Gasteiger partial charge in [-0.05, 0) is 39.8 Å². The van der Waals surface area contributed by atoms with Gasteiger partial charge in [0.05, 0.1) is 0 Å². The lowest BCUT2D eigenvalue weighted by Gasteiger charge is -1.99. The number of hydrogen-bond acceptors (Lipinski definition) is 1. The Labute approximate surface area is 82.6 Å². The first-order chi connectivity index (χ1) is 6.31. The number of hydrogen-bond donors (Lipinski definition) is 1. The molecule has 0 atom stereocenters. The highest BCUT2D eigenvalue weighted by Crippen LogP contribution is 2.03. The second kappa shape index (κ2) is 9.35. The predicted molar refractivity (Wildman–Crippen MR) is 59.6 cm³/mol. The van der Waals surface area contributed by atoms with Gasteiger partial charge in [-0.15, -0.1) is 11.8 Å². The molecular weight excluding hydrogens is 158 g/mol. The van der Waals surface area contributed by atoms with Gasteiger partial charge in [-0.1, -0.05) is 18.6 Å². The van der Waals surface area contributed by atoms with E-state index < -0.39 is 0 Å². The van der Waals surface area contributed by atoms with Gasteiger partial charge in [-0.3, -0.25) is 0 Å². The molecule has 0 radical (unpaired) electrons. The molecule has 13 heavy (non-hydrogen) atoms. The Balaban J connectivity index is 3.43. The van der Waals surface area contributed by atoms with Crippen molar-refractivity contribution in [3.8, 4) is 11.8 Å². The monoisotopic (exact) mass is 179 g/mol. The molecule has 0 aromatic carbocycles. The zero-order chi connectivity index (χ0) is 9.94. The summed E-state index contributed by atoms with van der Waals surface area (Å²) in [4.78, 5) is 0. The molecule has 0 saturated heterocycles. The molecule has 0 aliphatic heterocycles. The zero-order valence-electron chi connectivity index (χ0n) is 9.11. The van der Waals surface area contributed by atoms with E-state index in [0.717, 1.165) is 32.4 Å². The molecule has 0 heterocycles. The first kappa shape index (κ1) is 12.3. The molecule has 0 aromatic heterocycles. The smallest absolute Gasteiger partial charge is 0.0126 e. The third kappa shape index (κ3) is 9.17. The van der Waals surface area contributed by atoms with Crippen molar-refractivity contribution in [1.29, 1.82) is 0 Å². The van der Waals surface area contributed by atoms with Crippen LogP contribution in [0.1, 0.15) is 40.0 Å². The van der Waals surface area contributed by atoms with E-state index in [0.29, 0.717) is 0 Å². The third-order valence-electron chi connectivity index (χ3n) is 1.89. The normalized spacial score (nSPS) is 10.8. The average molecular weight is 179 g/mol. The summed E-state index contributed by atoms with van der Waals surface area (Å²) in [5.74, 6) is 5.98. The van der Waals surface area contributed by atoms with Crippen molar-refractivity contribution in [3.05, 3.63) is 11.6 Å². The summed E-state index contributed by atoms with van der Waals surface area (Å²) in [6.07, 6.45) is 5.56. The maximum atomic E-state index is 3.30. The Morgan fingerprint density at radius 1 is 1.46 bits per heavy atom. The van der Waals surface area contributed by atoms with E-state index in [1.807, 2.05) is 6.92 Å². The quantitative estimate of drug-likeness (QED) is 0.375. The van der Waals surface area contributed by atoms with E-state index in [-0.39, 0.29) is 0 Å². The van der Waals surface area contributed by atoms with Crippen LogP contribution in [0.5, 0.6) is 0 Å². The molecular formula is C12H21N. The summed E-state index contributed by atoms with van der Waals surface area (Å²) in [6.45, 7) is 8.36. The maximum absolute atomic E-state index is 3.30. The van der Waals surface area contributed by atoms with Crippen LogP contribution in [0.4, 0.5) is 0 Å². The minimum atomic E-state index is 1.00. The zero-order valence-corrected chi connectivity index (χ0v) is 9.11. The molecule has 0 aliphatic carbocycles. The van der Waals surface area contributed by atoms with Crippen molar-refractivity contribution in [2.45, 2.75) is 40.0 Å². The van der Waals surface area contributed by atoms with Gasteiger partial charge in [-0.2, -0.15) is 0 Å². The molecule has 0 unspecified atom stereocenters. The van der Waals surface area contributed by atoms with Gasteiger partial charge in [0.2, 0.25) is 0 Å². The van der Waals surface area contributed by atoms with Crippen molar-refractivity contribution < 1.29 is 0 Å². The molecule has 0 amide bonds. The van der Waals surface area contributed by atoms with Crippen molar-refractivity contribution >= 4 is 0 Å². The van der Waals surface area contributed by atoms with E-state index in [9.17, 15) is 0 Å². The fourth-order valence-electron chi connectivity index (χ4n) is 1.08. The second-order valence-electron chi connectivity index (χ2n) is 3.12. The largest absolute Gasteiger partial charge is 0.317 e. The summed E-state index contributed by atoms with van der Waals surface area (Å²) >= 11 is 0. The Bertz CT molecular complexity index is 193. The molecule has 1 N–H and O–H groups in total. The van der Waals surface area contributed by atoms with E-state index in [2.05, 4.69) is 37.1 Å². The van der Waals surface area contributed by atoms with E-state index in [1.165, 1.54) is 5.57 Å². The van der Waals surface area contributed by atoms with Gasteiger partial charge >= 0.3 is 0 Å². The Hall–Kier alpha value is -0.740.